The second kappa shape index (κ2) is 7.84. The number of tetrazole rings is 1. The molecule has 0 aliphatic rings. The van der Waals surface area contributed by atoms with E-state index in [2.05, 4.69) is 83.2 Å². The van der Waals surface area contributed by atoms with Crippen LogP contribution in [0.25, 0.3) is 0 Å². The van der Waals surface area contributed by atoms with Crippen LogP contribution < -0.4 is 5.32 Å². The highest BCUT2D eigenvalue weighted by Crippen LogP contribution is 2.22. The number of hydrogen-bond acceptors (Lipinski definition) is 4. The summed E-state index contributed by atoms with van der Waals surface area (Å²) in [5.41, 5.74) is 3.73. The number of rotatable bonds is 7. The Morgan fingerprint density at radius 2 is 1.71 bits per heavy atom. The molecule has 0 saturated heterocycles. The van der Waals surface area contributed by atoms with Crippen LogP contribution in [0.4, 0.5) is 0 Å². The summed E-state index contributed by atoms with van der Waals surface area (Å²) in [6, 6.07) is 19.2. The van der Waals surface area contributed by atoms with Gasteiger partial charge in [0.25, 0.3) is 0 Å². The Kier molecular flexibility index (Phi) is 5.33. The van der Waals surface area contributed by atoms with Gasteiger partial charge in [-0.05, 0) is 34.9 Å². The first kappa shape index (κ1) is 16.3. The summed E-state index contributed by atoms with van der Waals surface area (Å²) in [6.45, 7) is 5.69. The standard InChI is InChI=1S/C19H23N5/c1-3-13-24-18(21-22-23-24)14-20-19(16-7-5-4-6-8-16)17-11-9-15(2)10-12-17/h4-12,19-20H,3,13-14H2,1-2H3. The Hall–Kier alpha value is -2.53. The zero-order chi connectivity index (χ0) is 16.8. The SMILES string of the molecule is CCCn1nnnc1CNC(c1ccccc1)c1ccc(C)cc1. The maximum atomic E-state index is 4.15. The third kappa shape index (κ3) is 3.86. The van der Waals surface area contributed by atoms with Crippen molar-refractivity contribution in [3.05, 3.63) is 77.1 Å². The maximum absolute atomic E-state index is 4.15. The van der Waals surface area contributed by atoms with E-state index < -0.39 is 0 Å². The molecule has 5 heteroatoms. The van der Waals surface area contributed by atoms with Gasteiger partial charge in [0.05, 0.1) is 12.6 Å². The Morgan fingerprint density at radius 1 is 1.00 bits per heavy atom. The number of aromatic nitrogens is 4. The van der Waals surface area contributed by atoms with E-state index in [0.29, 0.717) is 6.54 Å². The first-order chi connectivity index (χ1) is 11.8. The van der Waals surface area contributed by atoms with Gasteiger partial charge in [-0.15, -0.1) is 5.10 Å². The lowest BCUT2D eigenvalue weighted by Crippen LogP contribution is -2.24. The van der Waals surface area contributed by atoms with Gasteiger partial charge in [0.2, 0.25) is 0 Å². The molecule has 1 atom stereocenters. The minimum absolute atomic E-state index is 0.110. The Bertz CT molecular complexity index is 749. The minimum atomic E-state index is 0.110. The van der Waals surface area contributed by atoms with Gasteiger partial charge in [-0.25, -0.2) is 4.68 Å². The van der Waals surface area contributed by atoms with Gasteiger partial charge >= 0.3 is 0 Å². The zero-order valence-electron chi connectivity index (χ0n) is 14.2. The minimum Gasteiger partial charge on any atom is -0.299 e. The predicted molar refractivity (Wildman–Crippen MR) is 94.4 cm³/mol. The molecule has 0 radical (unpaired) electrons. The van der Waals surface area contributed by atoms with E-state index in [1.807, 2.05) is 10.7 Å². The summed E-state index contributed by atoms with van der Waals surface area (Å²) < 4.78 is 1.87. The summed E-state index contributed by atoms with van der Waals surface area (Å²) in [5, 5.41) is 15.6. The first-order valence-corrected chi connectivity index (χ1v) is 8.38. The Balaban J connectivity index is 1.82. The molecule has 0 spiro atoms. The monoisotopic (exact) mass is 321 g/mol. The smallest absolute Gasteiger partial charge is 0.165 e. The third-order valence-electron chi connectivity index (χ3n) is 4.05. The van der Waals surface area contributed by atoms with Crippen LogP contribution in [-0.2, 0) is 13.1 Å². The Labute approximate surface area is 142 Å². The molecule has 0 bridgehead atoms. The van der Waals surface area contributed by atoms with Gasteiger partial charge in [0.15, 0.2) is 5.82 Å². The number of aryl methyl sites for hydroxylation is 2. The molecule has 5 nitrogen and oxygen atoms in total. The summed E-state index contributed by atoms with van der Waals surface area (Å²) >= 11 is 0. The molecule has 3 aromatic rings. The lowest BCUT2D eigenvalue weighted by molar-refractivity contribution is 0.517. The molecule has 124 valence electrons. The van der Waals surface area contributed by atoms with Gasteiger partial charge in [0, 0.05) is 6.54 Å². The summed E-state index contributed by atoms with van der Waals surface area (Å²) in [4.78, 5) is 0. The van der Waals surface area contributed by atoms with E-state index in [1.165, 1.54) is 16.7 Å². The van der Waals surface area contributed by atoms with E-state index in [9.17, 15) is 0 Å². The van der Waals surface area contributed by atoms with Crippen molar-refractivity contribution < 1.29 is 0 Å². The largest absolute Gasteiger partial charge is 0.299 e. The first-order valence-electron chi connectivity index (χ1n) is 8.38. The molecule has 2 aromatic carbocycles. The van der Waals surface area contributed by atoms with E-state index >= 15 is 0 Å². The fourth-order valence-electron chi connectivity index (χ4n) is 2.76. The van der Waals surface area contributed by atoms with Crippen LogP contribution in [0.5, 0.6) is 0 Å². The fraction of sp³-hybridized carbons (Fsp3) is 0.316. The number of benzene rings is 2. The molecule has 1 N–H and O–H groups in total. The molecular weight excluding hydrogens is 298 g/mol. The molecule has 0 fully saturated rings. The molecular formula is C19H23N5. The van der Waals surface area contributed by atoms with E-state index in [0.717, 1.165) is 18.8 Å². The van der Waals surface area contributed by atoms with Crippen LogP contribution >= 0.6 is 0 Å². The van der Waals surface area contributed by atoms with Crippen molar-refractivity contribution in [2.24, 2.45) is 0 Å². The summed E-state index contributed by atoms with van der Waals surface area (Å²) in [7, 11) is 0. The van der Waals surface area contributed by atoms with E-state index in [1.54, 1.807) is 0 Å². The molecule has 0 aliphatic heterocycles. The number of nitrogens with one attached hydrogen (secondary N) is 1. The van der Waals surface area contributed by atoms with Crippen molar-refractivity contribution in [1.29, 1.82) is 0 Å². The molecule has 0 amide bonds. The topological polar surface area (TPSA) is 55.6 Å². The van der Waals surface area contributed by atoms with Gasteiger partial charge in [-0.1, -0.05) is 67.1 Å². The normalized spacial score (nSPS) is 12.2. The van der Waals surface area contributed by atoms with Crippen LogP contribution in [0.15, 0.2) is 54.6 Å². The van der Waals surface area contributed by atoms with E-state index in [-0.39, 0.29) is 6.04 Å². The van der Waals surface area contributed by atoms with Crippen molar-refractivity contribution in [3.8, 4) is 0 Å². The van der Waals surface area contributed by atoms with E-state index in [4.69, 9.17) is 0 Å². The third-order valence-corrected chi connectivity index (χ3v) is 4.05. The van der Waals surface area contributed by atoms with Gasteiger partial charge in [0.1, 0.15) is 0 Å². The van der Waals surface area contributed by atoms with Crippen molar-refractivity contribution in [1.82, 2.24) is 25.5 Å². The van der Waals surface area contributed by atoms with Gasteiger partial charge in [-0.3, -0.25) is 5.32 Å². The van der Waals surface area contributed by atoms with Crippen LogP contribution in [0.2, 0.25) is 0 Å². The average Bonchev–Trinajstić information content (AvgIpc) is 3.05. The number of nitrogens with zero attached hydrogens (tertiary/aromatic N) is 4. The van der Waals surface area contributed by atoms with Crippen molar-refractivity contribution in [3.63, 3.8) is 0 Å². The molecule has 0 saturated carbocycles. The van der Waals surface area contributed by atoms with Crippen LogP contribution in [-0.4, -0.2) is 20.2 Å². The molecule has 1 unspecified atom stereocenters. The predicted octanol–water partition coefficient (Wildman–Crippen LogP) is 3.27. The maximum Gasteiger partial charge on any atom is 0.165 e. The molecule has 0 aliphatic carbocycles. The van der Waals surface area contributed by atoms with Crippen molar-refractivity contribution in [2.45, 2.75) is 39.4 Å². The molecule has 1 aromatic heterocycles. The second-order valence-electron chi connectivity index (χ2n) is 5.95. The van der Waals surface area contributed by atoms with Gasteiger partial charge in [-0.2, -0.15) is 0 Å². The number of hydrogen-bond donors (Lipinski definition) is 1. The van der Waals surface area contributed by atoms with Crippen LogP contribution in [0.3, 0.4) is 0 Å². The molecule has 24 heavy (non-hydrogen) atoms. The molecule has 3 rings (SSSR count). The summed E-state index contributed by atoms with van der Waals surface area (Å²) in [5.74, 6) is 0.866. The highest BCUT2D eigenvalue weighted by Gasteiger charge is 2.15. The average molecular weight is 321 g/mol. The van der Waals surface area contributed by atoms with Crippen molar-refractivity contribution in [2.75, 3.05) is 0 Å². The van der Waals surface area contributed by atoms with Crippen LogP contribution in [0, 0.1) is 6.92 Å². The highest BCUT2D eigenvalue weighted by atomic mass is 15.5. The highest BCUT2D eigenvalue weighted by molar-refractivity contribution is 5.33. The second-order valence-corrected chi connectivity index (χ2v) is 5.95. The van der Waals surface area contributed by atoms with Crippen molar-refractivity contribution >= 4 is 0 Å². The lowest BCUT2D eigenvalue weighted by Gasteiger charge is -2.20. The lowest BCUT2D eigenvalue weighted by atomic mass is 9.98. The quantitative estimate of drug-likeness (QED) is 0.725. The summed E-state index contributed by atoms with van der Waals surface area (Å²) in [6.07, 6.45) is 1.01. The van der Waals surface area contributed by atoms with Crippen LogP contribution in [0.1, 0.15) is 41.9 Å². The molecule has 1 heterocycles. The van der Waals surface area contributed by atoms with Gasteiger partial charge < -0.3 is 0 Å². The zero-order valence-corrected chi connectivity index (χ0v) is 14.2. The Morgan fingerprint density at radius 3 is 2.42 bits per heavy atom. The fourth-order valence-corrected chi connectivity index (χ4v) is 2.76.